The molecule has 0 radical (unpaired) electrons. The third kappa shape index (κ3) is 2.92. The van der Waals surface area contributed by atoms with Gasteiger partial charge in [0.15, 0.2) is 11.5 Å². The topological polar surface area (TPSA) is 71.2 Å². The molecule has 4 heterocycles. The van der Waals surface area contributed by atoms with Crippen LogP contribution < -0.4 is 10.2 Å². The number of rotatable bonds is 6. The summed E-state index contributed by atoms with van der Waals surface area (Å²) in [5.74, 6) is 3.25. The average molecular weight is 349 g/mol. The van der Waals surface area contributed by atoms with Crippen LogP contribution in [0.15, 0.2) is 36.5 Å². The summed E-state index contributed by atoms with van der Waals surface area (Å²) in [4.78, 5) is 6.67. The Morgan fingerprint density at radius 3 is 2.77 bits per heavy atom. The van der Waals surface area contributed by atoms with Gasteiger partial charge >= 0.3 is 0 Å². The van der Waals surface area contributed by atoms with Crippen LogP contribution in [0, 0.1) is 5.92 Å². The van der Waals surface area contributed by atoms with E-state index in [1.807, 2.05) is 28.9 Å². The molecule has 7 nitrogen and oxygen atoms in total. The third-order valence-corrected chi connectivity index (χ3v) is 5.49. The molecule has 0 unspecified atom stereocenters. The minimum absolute atomic E-state index is 0.535. The molecule has 0 spiro atoms. The molecule has 134 valence electrons. The Hall–Kier alpha value is -2.54. The van der Waals surface area contributed by atoms with Gasteiger partial charge < -0.3 is 10.2 Å². The molecule has 0 atom stereocenters. The molecule has 5 rings (SSSR count). The van der Waals surface area contributed by atoms with Crippen LogP contribution in [-0.4, -0.2) is 44.4 Å². The van der Waals surface area contributed by atoms with Crippen LogP contribution in [0.1, 0.15) is 36.7 Å². The molecule has 3 aromatic heterocycles. The normalized spacial score (nSPS) is 18.1. The zero-order valence-electron chi connectivity index (χ0n) is 14.8. The van der Waals surface area contributed by atoms with Gasteiger partial charge in [-0.2, -0.15) is 4.52 Å². The first-order valence-electron chi connectivity index (χ1n) is 9.45. The van der Waals surface area contributed by atoms with E-state index in [1.54, 1.807) is 0 Å². The summed E-state index contributed by atoms with van der Waals surface area (Å²) in [5, 5.41) is 16.9. The second-order valence-corrected chi connectivity index (χ2v) is 7.37. The van der Waals surface area contributed by atoms with Crippen LogP contribution in [0.5, 0.6) is 0 Å². The lowest BCUT2D eigenvalue weighted by Gasteiger charge is -2.40. The van der Waals surface area contributed by atoms with Crippen molar-refractivity contribution in [2.75, 3.05) is 24.5 Å². The summed E-state index contributed by atoms with van der Waals surface area (Å²) in [6, 6.07) is 10.1. The van der Waals surface area contributed by atoms with E-state index in [1.165, 1.54) is 19.3 Å². The van der Waals surface area contributed by atoms with Crippen molar-refractivity contribution in [1.29, 1.82) is 0 Å². The molecular weight excluding hydrogens is 326 g/mol. The standard InChI is InChI=1S/C19H23N7/c1-2-9-21-16(6-1)11-20-10-14-12-25(13-14)18-8-7-17-22-23-19(26(17)24-18)15-4-3-5-15/h1-2,6-9,14-15,20H,3-5,10-13H2. The predicted molar refractivity (Wildman–Crippen MR) is 99.0 cm³/mol. The van der Waals surface area contributed by atoms with Gasteiger partial charge in [0, 0.05) is 44.2 Å². The summed E-state index contributed by atoms with van der Waals surface area (Å²) >= 11 is 0. The van der Waals surface area contributed by atoms with E-state index in [-0.39, 0.29) is 0 Å². The van der Waals surface area contributed by atoms with Gasteiger partial charge in [-0.05, 0) is 37.1 Å². The summed E-state index contributed by atoms with van der Waals surface area (Å²) in [6.07, 6.45) is 5.55. The Morgan fingerprint density at radius 1 is 1.08 bits per heavy atom. The molecule has 1 saturated carbocycles. The van der Waals surface area contributed by atoms with Crippen molar-refractivity contribution in [2.24, 2.45) is 5.92 Å². The molecule has 1 N–H and O–H groups in total. The van der Waals surface area contributed by atoms with Crippen molar-refractivity contribution in [3.8, 4) is 0 Å². The Morgan fingerprint density at radius 2 is 2.00 bits per heavy atom. The van der Waals surface area contributed by atoms with Crippen LogP contribution in [0.25, 0.3) is 5.65 Å². The molecule has 0 aromatic carbocycles. The fourth-order valence-electron chi connectivity index (χ4n) is 3.68. The summed E-state index contributed by atoms with van der Waals surface area (Å²) in [6.45, 7) is 3.91. The monoisotopic (exact) mass is 349 g/mol. The number of anilines is 1. The first-order valence-corrected chi connectivity index (χ1v) is 9.45. The fourth-order valence-corrected chi connectivity index (χ4v) is 3.68. The maximum absolute atomic E-state index is 4.81. The van der Waals surface area contributed by atoms with Crippen molar-refractivity contribution < 1.29 is 0 Å². The highest BCUT2D eigenvalue weighted by Crippen LogP contribution is 2.35. The van der Waals surface area contributed by atoms with Gasteiger partial charge in [-0.1, -0.05) is 12.5 Å². The zero-order valence-corrected chi connectivity index (χ0v) is 14.8. The van der Waals surface area contributed by atoms with E-state index < -0.39 is 0 Å². The van der Waals surface area contributed by atoms with E-state index in [9.17, 15) is 0 Å². The molecule has 1 aliphatic carbocycles. The highest BCUT2D eigenvalue weighted by Gasteiger charge is 2.29. The number of fused-ring (bicyclic) bond motifs is 1. The Bertz CT molecular complexity index is 881. The molecule has 3 aromatic rings. The van der Waals surface area contributed by atoms with Gasteiger partial charge in [-0.25, -0.2) is 0 Å². The highest BCUT2D eigenvalue weighted by atomic mass is 15.4. The summed E-state index contributed by atoms with van der Waals surface area (Å²) < 4.78 is 1.95. The maximum Gasteiger partial charge on any atom is 0.178 e. The second-order valence-electron chi connectivity index (χ2n) is 7.37. The van der Waals surface area contributed by atoms with Crippen molar-refractivity contribution in [3.05, 3.63) is 48.0 Å². The maximum atomic E-state index is 4.81. The zero-order chi connectivity index (χ0) is 17.3. The lowest BCUT2D eigenvalue weighted by atomic mass is 9.85. The van der Waals surface area contributed by atoms with Gasteiger partial charge in [-0.15, -0.1) is 15.3 Å². The van der Waals surface area contributed by atoms with Gasteiger partial charge in [-0.3, -0.25) is 4.98 Å². The van der Waals surface area contributed by atoms with E-state index in [0.717, 1.165) is 49.2 Å². The summed E-state index contributed by atoms with van der Waals surface area (Å²) in [5.41, 5.74) is 1.94. The molecule has 1 aliphatic heterocycles. The molecule has 1 saturated heterocycles. The third-order valence-electron chi connectivity index (χ3n) is 5.49. The van der Waals surface area contributed by atoms with Crippen molar-refractivity contribution >= 4 is 11.5 Å². The molecule has 7 heteroatoms. The number of nitrogens with one attached hydrogen (secondary N) is 1. The minimum atomic E-state index is 0.535. The van der Waals surface area contributed by atoms with Crippen molar-refractivity contribution in [2.45, 2.75) is 31.7 Å². The van der Waals surface area contributed by atoms with Crippen LogP contribution in [-0.2, 0) is 6.54 Å². The Balaban J connectivity index is 1.18. The van der Waals surface area contributed by atoms with Crippen LogP contribution >= 0.6 is 0 Å². The average Bonchev–Trinajstić information content (AvgIpc) is 2.99. The fraction of sp³-hybridized carbons (Fsp3) is 0.474. The molecular formula is C19H23N7. The van der Waals surface area contributed by atoms with E-state index >= 15 is 0 Å². The predicted octanol–water partition coefficient (Wildman–Crippen LogP) is 2.01. The van der Waals surface area contributed by atoms with Crippen LogP contribution in [0.2, 0.25) is 0 Å². The van der Waals surface area contributed by atoms with Crippen LogP contribution in [0.4, 0.5) is 5.82 Å². The molecule has 26 heavy (non-hydrogen) atoms. The summed E-state index contributed by atoms with van der Waals surface area (Å²) in [7, 11) is 0. The van der Waals surface area contributed by atoms with Crippen molar-refractivity contribution in [1.82, 2.24) is 30.1 Å². The molecule has 0 amide bonds. The number of nitrogens with zero attached hydrogens (tertiary/aromatic N) is 6. The molecule has 2 aliphatic rings. The number of hydrogen-bond donors (Lipinski definition) is 1. The van der Waals surface area contributed by atoms with Crippen molar-refractivity contribution in [3.63, 3.8) is 0 Å². The SMILES string of the molecule is c1ccc(CNCC2CN(c3ccc4nnc(C5CCC5)n4n3)C2)nc1. The van der Waals surface area contributed by atoms with E-state index in [4.69, 9.17) is 5.10 Å². The Labute approximate surface area is 152 Å². The van der Waals surface area contributed by atoms with Gasteiger partial charge in [0.05, 0.1) is 5.69 Å². The molecule has 2 fully saturated rings. The van der Waals surface area contributed by atoms with E-state index in [2.05, 4.69) is 37.5 Å². The largest absolute Gasteiger partial charge is 0.354 e. The second kappa shape index (κ2) is 6.64. The highest BCUT2D eigenvalue weighted by molar-refractivity contribution is 5.47. The number of pyridine rings is 1. The lowest BCUT2D eigenvalue weighted by Crippen LogP contribution is -2.51. The number of aromatic nitrogens is 5. The minimum Gasteiger partial charge on any atom is -0.354 e. The quantitative estimate of drug-likeness (QED) is 0.734. The lowest BCUT2D eigenvalue weighted by molar-refractivity contribution is 0.377. The Kier molecular flexibility index (Phi) is 4.01. The van der Waals surface area contributed by atoms with E-state index in [0.29, 0.717) is 11.8 Å². The first-order chi connectivity index (χ1) is 12.9. The molecule has 0 bridgehead atoms. The van der Waals surface area contributed by atoms with Crippen LogP contribution in [0.3, 0.4) is 0 Å². The van der Waals surface area contributed by atoms with Gasteiger partial charge in [0.1, 0.15) is 5.82 Å². The van der Waals surface area contributed by atoms with Gasteiger partial charge in [0.2, 0.25) is 0 Å². The van der Waals surface area contributed by atoms with Gasteiger partial charge in [0.25, 0.3) is 0 Å². The first kappa shape index (κ1) is 15.7. The smallest absolute Gasteiger partial charge is 0.178 e. The number of hydrogen-bond acceptors (Lipinski definition) is 6.